The van der Waals surface area contributed by atoms with Gasteiger partial charge in [0, 0.05) is 11.1 Å². The molecule has 1 rings (SSSR count). The molecule has 5 nitrogen and oxygen atoms in total. The number of nitrogens with zero attached hydrogens (tertiary/aromatic N) is 1. The van der Waals surface area contributed by atoms with E-state index in [4.69, 9.17) is 27.9 Å². The van der Waals surface area contributed by atoms with Crippen LogP contribution in [0.25, 0.3) is 0 Å². The number of halogens is 3. The maximum absolute atomic E-state index is 10.7. The number of rotatable bonds is 4. The Hall–Kier alpha value is -0.850. The first-order valence-corrected chi connectivity index (χ1v) is 5.41. The summed E-state index contributed by atoms with van der Waals surface area (Å²) in [6, 6.07) is 2.54. The molecular formula is C8H4BrCl2NO4. The Bertz CT molecular complexity index is 452. The van der Waals surface area contributed by atoms with Crippen LogP contribution in [-0.4, -0.2) is 16.8 Å². The summed E-state index contributed by atoms with van der Waals surface area (Å²) in [4.78, 5) is 20.5. The molecule has 0 unspecified atom stereocenters. The third kappa shape index (κ3) is 3.33. The van der Waals surface area contributed by atoms with Crippen molar-refractivity contribution in [1.82, 2.24) is 0 Å². The molecule has 0 N–H and O–H groups in total. The highest BCUT2D eigenvalue weighted by Gasteiger charge is 2.20. The van der Waals surface area contributed by atoms with Crippen LogP contribution in [-0.2, 0) is 4.79 Å². The zero-order valence-corrected chi connectivity index (χ0v) is 10.7. The van der Waals surface area contributed by atoms with Gasteiger partial charge in [0.15, 0.2) is 6.61 Å². The lowest BCUT2D eigenvalue weighted by Gasteiger charge is -2.06. The fourth-order valence-corrected chi connectivity index (χ4v) is 1.92. The van der Waals surface area contributed by atoms with Crippen molar-refractivity contribution in [3.8, 4) is 5.75 Å². The first kappa shape index (κ1) is 13.2. The Kier molecular flexibility index (Phi) is 4.52. The van der Waals surface area contributed by atoms with Crippen LogP contribution in [0.1, 0.15) is 0 Å². The second kappa shape index (κ2) is 5.47. The van der Waals surface area contributed by atoms with Crippen molar-refractivity contribution in [2.24, 2.45) is 0 Å². The maximum atomic E-state index is 10.7. The van der Waals surface area contributed by atoms with Crippen molar-refractivity contribution in [2.75, 3.05) is 6.61 Å². The van der Waals surface area contributed by atoms with E-state index in [0.717, 1.165) is 6.07 Å². The Morgan fingerprint density at radius 1 is 1.56 bits per heavy atom. The van der Waals surface area contributed by atoms with Gasteiger partial charge in [0.05, 0.1) is 9.40 Å². The summed E-state index contributed by atoms with van der Waals surface area (Å²) in [5.41, 5.74) is -0.336. The van der Waals surface area contributed by atoms with Crippen LogP contribution in [0.3, 0.4) is 0 Å². The van der Waals surface area contributed by atoms with Crippen LogP contribution in [0.2, 0.25) is 5.02 Å². The number of nitro benzene ring substituents is 1. The van der Waals surface area contributed by atoms with Crippen molar-refractivity contribution in [1.29, 1.82) is 0 Å². The van der Waals surface area contributed by atoms with Crippen LogP contribution >= 0.6 is 39.1 Å². The Balaban J connectivity index is 3.14. The third-order valence-electron chi connectivity index (χ3n) is 1.52. The summed E-state index contributed by atoms with van der Waals surface area (Å²) < 4.78 is 5.20. The van der Waals surface area contributed by atoms with Crippen LogP contribution in [0.15, 0.2) is 16.6 Å². The van der Waals surface area contributed by atoms with Gasteiger partial charge in [-0.05, 0) is 33.6 Å². The smallest absolute Gasteiger partial charge is 0.313 e. The quantitative estimate of drug-likeness (QED) is 0.483. The lowest BCUT2D eigenvalue weighted by atomic mass is 10.3. The molecule has 0 aliphatic carbocycles. The molecule has 1 aromatic rings. The van der Waals surface area contributed by atoms with E-state index < -0.39 is 16.8 Å². The molecular weight excluding hydrogens is 325 g/mol. The van der Waals surface area contributed by atoms with E-state index in [1.807, 2.05) is 0 Å². The Labute approximate surface area is 109 Å². The number of nitro groups is 1. The van der Waals surface area contributed by atoms with Crippen LogP contribution < -0.4 is 4.74 Å². The summed E-state index contributed by atoms with van der Waals surface area (Å²) in [5.74, 6) is -0.0802. The fraction of sp³-hybridized carbons (Fsp3) is 0.125. The molecule has 86 valence electrons. The van der Waals surface area contributed by atoms with Gasteiger partial charge in [0.1, 0.15) is 0 Å². The van der Waals surface area contributed by atoms with Gasteiger partial charge in [-0.1, -0.05) is 11.6 Å². The molecule has 0 amide bonds. The zero-order valence-electron chi connectivity index (χ0n) is 7.58. The fourth-order valence-electron chi connectivity index (χ4n) is 0.954. The summed E-state index contributed by atoms with van der Waals surface area (Å²) in [7, 11) is 0. The highest BCUT2D eigenvalue weighted by Crippen LogP contribution is 2.37. The van der Waals surface area contributed by atoms with Gasteiger partial charge in [-0.15, -0.1) is 0 Å². The zero-order chi connectivity index (χ0) is 12.3. The number of benzene rings is 1. The average molecular weight is 329 g/mol. The second-order valence-corrected chi connectivity index (χ2v) is 4.35. The molecule has 8 heteroatoms. The van der Waals surface area contributed by atoms with Gasteiger partial charge in [-0.25, -0.2) is 0 Å². The first-order chi connectivity index (χ1) is 7.41. The van der Waals surface area contributed by atoms with E-state index >= 15 is 0 Å². The van der Waals surface area contributed by atoms with Crippen LogP contribution in [0.5, 0.6) is 5.75 Å². The monoisotopic (exact) mass is 327 g/mol. The minimum absolute atomic E-state index is 0.0802. The van der Waals surface area contributed by atoms with Gasteiger partial charge in [-0.3, -0.25) is 14.9 Å². The van der Waals surface area contributed by atoms with Gasteiger partial charge in [0.25, 0.3) is 5.24 Å². The molecule has 0 aliphatic rings. The van der Waals surface area contributed by atoms with E-state index in [0.29, 0.717) is 0 Å². The van der Waals surface area contributed by atoms with Crippen molar-refractivity contribution < 1.29 is 14.5 Å². The summed E-state index contributed by atoms with van der Waals surface area (Å²) in [6.07, 6.45) is 0. The normalized spacial score (nSPS) is 9.94. The lowest BCUT2D eigenvalue weighted by molar-refractivity contribution is -0.385. The number of carbonyl (C=O) groups excluding carboxylic acids is 1. The average Bonchev–Trinajstić information content (AvgIpc) is 2.14. The third-order valence-corrected chi connectivity index (χ3v) is 2.43. The molecule has 16 heavy (non-hydrogen) atoms. The van der Waals surface area contributed by atoms with Crippen LogP contribution in [0.4, 0.5) is 5.69 Å². The minimum Gasteiger partial charge on any atom is -0.477 e. The molecule has 0 saturated carbocycles. The van der Waals surface area contributed by atoms with Crippen molar-refractivity contribution in [2.45, 2.75) is 0 Å². The van der Waals surface area contributed by atoms with E-state index in [2.05, 4.69) is 15.9 Å². The number of ether oxygens (including phenoxy) is 1. The van der Waals surface area contributed by atoms with Crippen LogP contribution in [0, 0.1) is 10.1 Å². The SMILES string of the molecule is O=C(Cl)COc1c(Br)cc(Cl)cc1[N+](=O)[O-]. The molecule has 0 bridgehead atoms. The van der Waals surface area contributed by atoms with Gasteiger partial charge in [0.2, 0.25) is 5.75 Å². The highest BCUT2D eigenvalue weighted by atomic mass is 79.9. The highest BCUT2D eigenvalue weighted by molar-refractivity contribution is 9.10. The topological polar surface area (TPSA) is 69.4 Å². The molecule has 0 heterocycles. The van der Waals surface area contributed by atoms with E-state index in [9.17, 15) is 14.9 Å². The number of hydrogen-bond acceptors (Lipinski definition) is 4. The standard InChI is InChI=1S/C8H4BrCl2NO4/c9-5-1-4(10)2-6(12(14)15)8(5)16-3-7(11)13/h1-2H,3H2. The Morgan fingerprint density at radius 2 is 2.19 bits per heavy atom. The maximum Gasteiger partial charge on any atom is 0.313 e. The molecule has 0 saturated heterocycles. The summed E-state index contributed by atoms with van der Waals surface area (Å²) in [6.45, 7) is -0.456. The van der Waals surface area contributed by atoms with Gasteiger partial charge >= 0.3 is 5.69 Å². The predicted octanol–water partition coefficient (Wildman–Crippen LogP) is 3.15. The molecule has 0 radical (unpaired) electrons. The minimum atomic E-state index is -0.754. The molecule has 0 fully saturated rings. The summed E-state index contributed by atoms with van der Waals surface area (Å²) in [5, 5.41) is 10.1. The van der Waals surface area contributed by atoms with Crippen molar-refractivity contribution in [3.63, 3.8) is 0 Å². The first-order valence-electron chi connectivity index (χ1n) is 3.86. The van der Waals surface area contributed by atoms with E-state index in [1.165, 1.54) is 6.07 Å². The van der Waals surface area contributed by atoms with Crippen molar-refractivity contribution in [3.05, 3.63) is 31.7 Å². The summed E-state index contributed by atoms with van der Waals surface area (Å²) >= 11 is 13.8. The lowest BCUT2D eigenvalue weighted by Crippen LogP contribution is -2.06. The molecule has 0 aromatic heterocycles. The number of hydrogen-bond donors (Lipinski definition) is 0. The predicted molar refractivity (Wildman–Crippen MR) is 62.2 cm³/mol. The molecule has 0 atom stereocenters. The van der Waals surface area contributed by atoms with Gasteiger partial charge in [-0.2, -0.15) is 0 Å². The van der Waals surface area contributed by atoms with Crippen molar-refractivity contribution >= 4 is 50.1 Å². The second-order valence-electron chi connectivity index (χ2n) is 2.64. The molecule has 0 spiro atoms. The largest absolute Gasteiger partial charge is 0.477 e. The van der Waals surface area contributed by atoms with E-state index in [-0.39, 0.29) is 20.9 Å². The number of carbonyl (C=O) groups is 1. The Morgan fingerprint density at radius 3 is 2.69 bits per heavy atom. The van der Waals surface area contributed by atoms with Gasteiger partial charge < -0.3 is 4.74 Å². The van der Waals surface area contributed by atoms with E-state index in [1.54, 1.807) is 0 Å². The molecule has 1 aromatic carbocycles. The molecule has 0 aliphatic heterocycles.